The summed E-state index contributed by atoms with van der Waals surface area (Å²) in [6.07, 6.45) is 0. The second-order valence-electron chi connectivity index (χ2n) is 13.7. The van der Waals surface area contributed by atoms with Crippen LogP contribution in [-0.2, 0) is 0 Å². The molecule has 0 unspecified atom stereocenters. The number of para-hydroxylation sites is 4. The van der Waals surface area contributed by atoms with Gasteiger partial charge in [-0.15, -0.1) is 0 Å². The third-order valence-corrected chi connectivity index (χ3v) is 11.3. The van der Waals surface area contributed by atoms with Crippen molar-refractivity contribution in [2.45, 2.75) is 0 Å². The van der Waals surface area contributed by atoms with Crippen molar-refractivity contribution in [3.63, 3.8) is 0 Å². The molecular weight excluding hydrogens is 605 g/mol. The van der Waals surface area contributed by atoms with Gasteiger partial charge in [0.2, 0.25) is 6.71 Å². The summed E-state index contributed by atoms with van der Waals surface area (Å²) in [6, 6.07) is 62.7. The molecule has 3 nitrogen and oxygen atoms in total. The number of nitrogens with zero attached hydrogens (tertiary/aromatic N) is 3. The first-order valence-corrected chi connectivity index (χ1v) is 17.4. The summed E-state index contributed by atoms with van der Waals surface area (Å²) >= 11 is 0. The molecule has 50 heavy (non-hydrogen) atoms. The van der Waals surface area contributed by atoms with Gasteiger partial charge in [0.15, 0.2) is 0 Å². The van der Waals surface area contributed by atoms with Crippen LogP contribution in [0.15, 0.2) is 170 Å². The highest BCUT2D eigenvalue weighted by Gasteiger charge is 2.41. The van der Waals surface area contributed by atoms with Crippen molar-refractivity contribution in [2.24, 2.45) is 0 Å². The molecule has 0 saturated carbocycles. The van der Waals surface area contributed by atoms with Crippen LogP contribution in [0.4, 0.5) is 17.1 Å². The monoisotopic (exact) mass is 633 g/mol. The van der Waals surface area contributed by atoms with Gasteiger partial charge >= 0.3 is 0 Å². The number of hydrogen-bond acceptors (Lipinski definition) is 1. The van der Waals surface area contributed by atoms with E-state index in [1.54, 1.807) is 0 Å². The number of rotatable bonds is 3. The van der Waals surface area contributed by atoms with E-state index in [4.69, 9.17) is 0 Å². The lowest BCUT2D eigenvalue weighted by Crippen LogP contribution is -2.58. The molecule has 0 amide bonds. The second kappa shape index (κ2) is 9.55. The van der Waals surface area contributed by atoms with Crippen LogP contribution < -0.4 is 21.3 Å². The minimum Gasteiger partial charge on any atom is -0.311 e. The van der Waals surface area contributed by atoms with E-state index in [0.29, 0.717) is 0 Å². The fourth-order valence-corrected chi connectivity index (χ4v) is 9.39. The summed E-state index contributed by atoms with van der Waals surface area (Å²) in [4.78, 5) is 2.47. The van der Waals surface area contributed by atoms with Crippen LogP contribution in [0.25, 0.3) is 65.8 Å². The van der Waals surface area contributed by atoms with Crippen LogP contribution in [0.1, 0.15) is 0 Å². The zero-order chi connectivity index (χ0) is 32.5. The summed E-state index contributed by atoms with van der Waals surface area (Å²) in [7, 11) is 0. The molecule has 2 aliphatic heterocycles. The highest BCUT2D eigenvalue weighted by Crippen LogP contribution is 2.44. The van der Waals surface area contributed by atoms with Crippen LogP contribution in [0, 0.1) is 0 Å². The van der Waals surface area contributed by atoms with Crippen LogP contribution in [0.2, 0.25) is 0 Å². The van der Waals surface area contributed by atoms with E-state index in [1.807, 2.05) is 0 Å². The molecule has 0 radical (unpaired) electrons. The molecule has 2 aliphatic rings. The van der Waals surface area contributed by atoms with Crippen molar-refractivity contribution in [2.75, 3.05) is 4.90 Å². The van der Waals surface area contributed by atoms with Crippen LogP contribution in [-0.4, -0.2) is 15.8 Å². The highest BCUT2D eigenvalue weighted by atomic mass is 15.2. The fraction of sp³-hybridized carbons (Fsp3) is 0. The summed E-state index contributed by atoms with van der Waals surface area (Å²) in [5.74, 6) is 0. The van der Waals surface area contributed by atoms with E-state index in [1.165, 1.54) is 87.8 Å². The van der Waals surface area contributed by atoms with E-state index in [-0.39, 0.29) is 6.71 Å². The number of benzene rings is 8. The van der Waals surface area contributed by atoms with Crippen molar-refractivity contribution in [3.8, 4) is 11.4 Å². The first-order valence-electron chi connectivity index (χ1n) is 17.4. The third kappa shape index (κ3) is 3.26. The van der Waals surface area contributed by atoms with Crippen LogP contribution in [0.3, 0.4) is 0 Å². The predicted molar refractivity (Wildman–Crippen MR) is 212 cm³/mol. The lowest BCUT2D eigenvalue weighted by Gasteiger charge is -2.38. The molecule has 0 saturated heterocycles. The maximum Gasteiger partial charge on any atom is 0.248 e. The topological polar surface area (TPSA) is 13.1 Å². The van der Waals surface area contributed by atoms with Gasteiger partial charge in [0.1, 0.15) is 0 Å². The molecule has 8 aromatic carbocycles. The number of fused-ring (bicyclic) bond motifs is 6. The van der Waals surface area contributed by atoms with Crippen LogP contribution in [0.5, 0.6) is 0 Å². The summed E-state index contributed by atoms with van der Waals surface area (Å²) in [6.45, 7) is 0.145. The maximum absolute atomic E-state index is 2.51. The molecule has 230 valence electrons. The average molecular weight is 634 g/mol. The van der Waals surface area contributed by atoms with E-state index in [2.05, 4.69) is 184 Å². The summed E-state index contributed by atoms with van der Waals surface area (Å²) in [5.41, 5.74) is 15.1. The lowest BCUT2D eigenvalue weighted by atomic mass is 9.33. The summed E-state index contributed by atoms with van der Waals surface area (Å²) < 4.78 is 4.93. The molecule has 0 atom stereocenters. The Labute approximate surface area is 288 Å². The van der Waals surface area contributed by atoms with E-state index < -0.39 is 0 Å². The minimum absolute atomic E-state index is 0.145. The van der Waals surface area contributed by atoms with Crippen molar-refractivity contribution in [3.05, 3.63) is 170 Å². The van der Waals surface area contributed by atoms with Crippen molar-refractivity contribution < 1.29 is 0 Å². The predicted octanol–water partition coefficient (Wildman–Crippen LogP) is 9.65. The van der Waals surface area contributed by atoms with Gasteiger partial charge in [0, 0.05) is 50.0 Å². The third-order valence-electron chi connectivity index (χ3n) is 11.3. The quantitative estimate of drug-likeness (QED) is 0.177. The van der Waals surface area contributed by atoms with E-state index in [9.17, 15) is 0 Å². The molecule has 4 heterocycles. The van der Waals surface area contributed by atoms with E-state index in [0.717, 1.165) is 11.4 Å². The van der Waals surface area contributed by atoms with Gasteiger partial charge in [-0.25, -0.2) is 0 Å². The smallest absolute Gasteiger partial charge is 0.248 e. The SMILES string of the molecule is c1ccc(N2c3ccccc3B3c4cccc5ccc6c(c45)c4c3c2ccc4n6-c2cccc(-n3c4ccccc4c4ccccc43)c2)cc1. The second-order valence-corrected chi connectivity index (χ2v) is 13.7. The molecule has 0 bridgehead atoms. The van der Waals surface area contributed by atoms with Gasteiger partial charge in [-0.05, 0) is 88.4 Å². The van der Waals surface area contributed by atoms with E-state index >= 15 is 0 Å². The minimum atomic E-state index is 0.145. The Morgan fingerprint density at radius 3 is 1.76 bits per heavy atom. The Hall–Kier alpha value is -6.52. The molecule has 0 aliphatic carbocycles. The van der Waals surface area contributed by atoms with Gasteiger partial charge in [-0.2, -0.15) is 0 Å². The molecule has 4 heteroatoms. The summed E-state index contributed by atoms with van der Waals surface area (Å²) in [5, 5.41) is 7.95. The molecular formula is C46H28BN3. The van der Waals surface area contributed by atoms with Gasteiger partial charge in [-0.1, -0.05) is 109 Å². The van der Waals surface area contributed by atoms with Crippen molar-refractivity contribution in [1.29, 1.82) is 0 Å². The lowest BCUT2D eigenvalue weighted by molar-refractivity contribution is 1.13. The first-order chi connectivity index (χ1) is 24.8. The van der Waals surface area contributed by atoms with Gasteiger partial charge in [0.05, 0.1) is 22.1 Å². The largest absolute Gasteiger partial charge is 0.311 e. The Morgan fingerprint density at radius 1 is 0.360 bits per heavy atom. The van der Waals surface area contributed by atoms with Gasteiger partial charge in [-0.3, -0.25) is 0 Å². The Morgan fingerprint density at radius 2 is 0.960 bits per heavy atom. The number of anilines is 3. The van der Waals surface area contributed by atoms with Gasteiger partial charge < -0.3 is 14.0 Å². The van der Waals surface area contributed by atoms with Crippen LogP contribution >= 0.6 is 0 Å². The zero-order valence-electron chi connectivity index (χ0n) is 27.1. The molecule has 10 aromatic rings. The molecule has 0 N–H and O–H groups in total. The number of hydrogen-bond donors (Lipinski definition) is 0. The molecule has 2 aromatic heterocycles. The van der Waals surface area contributed by atoms with Crippen molar-refractivity contribution in [1.82, 2.24) is 9.13 Å². The Kier molecular flexibility index (Phi) is 5.05. The Balaban J connectivity index is 1.19. The highest BCUT2D eigenvalue weighted by molar-refractivity contribution is 7.02. The molecule has 12 rings (SSSR count). The normalized spacial score (nSPS) is 13.1. The van der Waals surface area contributed by atoms with Crippen molar-refractivity contribution >= 4 is 94.5 Å². The Bertz CT molecular complexity index is 3010. The molecule has 0 spiro atoms. The standard InChI is InChI=1S/C46H28BN3/c1-2-13-30(14-3-1)48-39-23-9-6-19-35(39)47-36-20-10-12-29-24-25-40-44(43(29)36)45-41(26-27-42(48)46(45)47)50(40)32-16-11-15-31(28-32)49-37-21-7-4-17-33(37)34-18-5-8-22-38(34)49/h1-28H. The average Bonchev–Trinajstić information content (AvgIpc) is 3.71. The number of aromatic nitrogens is 2. The fourth-order valence-electron chi connectivity index (χ4n) is 9.39. The van der Waals surface area contributed by atoms with Gasteiger partial charge in [0.25, 0.3) is 0 Å². The maximum atomic E-state index is 2.51. The zero-order valence-corrected chi connectivity index (χ0v) is 27.1. The molecule has 0 fully saturated rings. The first kappa shape index (κ1) is 26.4.